The van der Waals surface area contributed by atoms with Crippen molar-refractivity contribution in [1.82, 2.24) is 10.0 Å². The molecule has 0 saturated carbocycles. The molecule has 2 N–H and O–H groups in total. The highest BCUT2D eigenvalue weighted by Crippen LogP contribution is 2.15. The molecule has 6 heteroatoms. The van der Waals surface area contributed by atoms with E-state index in [-0.39, 0.29) is 17.5 Å². The van der Waals surface area contributed by atoms with Crippen molar-refractivity contribution < 1.29 is 12.8 Å². The number of likely N-dealkylation sites (N-methyl/N-ethyl adjacent to an activating group) is 1. The third-order valence-corrected chi connectivity index (χ3v) is 4.08. The van der Waals surface area contributed by atoms with Crippen LogP contribution in [0.1, 0.15) is 12.5 Å². The Bertz CT molecular complexity index is 488. The van der Waals surface area contributed by atoms with Gasteiger partial charge in [-0.05, 0) is 38.6 Å². The monoisotopic (exact) mass is 260 g/mol. The number of nitrogens with one attached hydrogen (secondary N) is 2. The molecule has 0 amide bonds. The fourth-order valence-electron chi connectivity index (χ4n) is 1.28. The Morgan fingerprint density at radius 1 is 1.41 bits per heavy atom. The van der Waals surface area contributed by atoms with E-state index in [1.54, 1.807) is 14.0 Å². The number of benzene rings is 1. The van der Waals surface area contributed by atoms with Crippen LogP contribution in [0.15, 0.2) is 23.1 Å². The van der Waals surface area contributed by atoms with E-state index in [1.807, 2.05) is 6.92 Å². The van der Waals surface area contributed by atoms with Crippen molar-refractivity contribution in [3.63, 3.8) is 0 Å². The van der Waals surface area contributed by atoms with E-state index >= 15 is 0 Å². The lowest BCUT2D eigenvalue weighted by Crippen LogP contribution is -2.37. The quantitative estimate of drug-likeness (QED) is 0.831. The number of rotatable bonds is 5. The van der Waals surface area contributed by atoms with Gasteiger partial charge in [-0.2, -0.15) is 0 Å². The molecule has 1 unspecified atom stereocenters. The molecule has 0 bridgehead atoms. The van der Waals surface area contributed by atoms with Crippen LogP contribution in [0.2, 0.25) is 0 Å². The highest BCUT2D eigenvalue weighted by molar-refractivity contribution is 7.89. The third kappa shape index (κ3) is 3.76. The first-order chi connectivity index (χ1) is 7.86. The highest BCUT2D eigenvalue weighted by Gasteiger charge is 2.17. The van der Waals surface area contributed by atoms with Crippen LogP contribution in [0.4, 0.5) is 4.39 Å². The second-order valence-corrected chi connectivity index (χ2v) is 5.69. The lowest BCUT2D eigenvalue weighted by atomic mass is 10.2. The van der Waals surface area contributed by atoms with Gasteiger partial charge in [-0.3, -0.25) is 0 Å². The molecule has 0 saturated heterocycles. The number of sulfonamides is 1. The van der Waals surface area contributed by atoms with Gasteiger partial charge in [0, 0.05) is 12.6 Å². The van der Waals surface area contributed by atoms with Gasteiger partial charge in [0.05, 0.1) is 4.90 Å². The van der Waals surface area contributed by atoms with Gasteiger partial charge in [-0.15, -0.1) is 0 Å². The minimum Gasteiger partial charge on any atom is -0.316 e. The summed E-state index contributed by atoms with van der Waals surface area (Å²) in [4.78, 5) is -0.0131. The molecule has 0 aliphatic carbocycles. The van der Waals surface area contributed by atoms with Crippen molar-refractivity contribution >= 4 is 10.0 Å². The standard InChI is InChI=1S/C11H17FN2O2S/c1-8-4-5-10(12)6-11(8)17(15,16)14-7-9(2)13-3/h4-6,9,13-14H,7H2,1-3H3. The number of hydrogen-bond donors (Lipinski definition) is 2. The fourth-order valence-corrected chi connectivity index (χ4v) is 2.66. The molecule has 1 atom stereocenters. The van der Waals surface area contributed by atoms with Crippen molar-refractivity contribution in [3.8, 4) is 0 Å². The summed E-state index contributed by atoms with van der Waals surface area (Å²) < 4.78 is 39.3. The first-order valence-corrected chi connectivity index (χ1v) is 6.78. The number of halogens is 1. The fraction of sp³-hybridized carbons (Fsp3) is 0.455. The summed E-state index contributed by atoms with van der Waals surface area (Å²) in [5.41, 5.74) is 0.524. The SMILES string of the molecule is CNC(C)CNS(=O)(=O)c1cc(F)ccc1C. The minimum absolute atomic E-state index is 0.0126. The molecule has 4 nitrogen and oxygen atoms in total. The molecule has 17 heavy (non-hydrogen) atoms. The summed E-state index contributed by atoms with van der Waals surface area (Å²) in [6, 6.07) is 3.73. The maximum atomic E-state index is 13.0. The molecule has 1 rings (SSSR count). The maximum Gasteiger partial charge on any atom is 0.240 e. The molecule has 0 spiro atoms. The van der Waals surface area contributed by atoms with Crippen LogP contribution in [0.25, 0.3) is 0 Å². The van der Waals surface area contributed by atoms with Crippen LogP contribution in [0.3, 0.4) is 0 Å². The summed E-state index contributed by atoms with van der Waals surface area (Å²) in [5, 5.41) is 2.91. The van der Waals surface area contributed by atoms with Crippen molar-refractivity contribution in [2.24, 2.45) is 0 Å². The van der Waals surface area contributed by atoms with Crippen LogP contribution in [-0.4, -0.2) is 28.1 Å². The van der Waals surface area contributed by atoms with E-state index in [9.17, 15) is 12.8 Å². The van der Waals surface area contributed by atoms with Gasteiger partial charge in [0.15, 0.2) is 0 Å². The Morgan fingerprint density at radius 3 is 2.65 bits per heavy atom. The van der Waals surface area contributed by atoms with E-state index in [0.29, 0.717) is 5.56 Å². The Morgan fingerprint density at radius 2 is 2.06 bits per heavy atom. The van der Waals surface area contributed by atoms with Gasteiger partial charge < -0.3 is 5.32 Å². The summed E-state index contributed by atoms with van der Waals surface area (Å²) in [6.07, 6.45) is 0. The highest BCUT2D eigenvalue weighted by atomic mass is 32.2. The molecule has 1 aromatic rings. The molecule has 0 radical (unpaired) electrons. The Hall–Kier alpha value is -0.980. The lowest BCUT2D eigenvalue weighted by molar-refractivity contribution is 0.552. The summed E-state index contributed by atoms with van der Waals surface area (Å²) >= 11 is 0. The van der Waals surface area contributed by atoms with E-state index in [2.05, 4.69) is 10.0 Å². The molecular weight excluding hydrogens is 243 g/mol. The number of hydrogen-bond acceptors (Lipinski definition) is 3. The zero-order valence-electron chi connectivity index (χ0n) is 10.1. The van der Waals surface area contributed by atoms with Gasteiger partial charge in [0.2, 0.25) is 10.0 Å². The molecule has 0 aromatic heterocycles. The molecular formula is C11H17FN2O2S. The van der Waals surface area contributed by atoms with Gasteiger partial charge >= 0.3 is 0 Å². The predicted octanol–water partition coefficient (Wildman–Crippen LogP) is 1.02. The first-order valence-electron chi connectivity index (χ1n) is 5.30. The maximum absolute atomic E-state index is 13.0. The lowest BCUT2D eigenvalue weighted by Gasteiger charge is -2.13. The first kappa shape index (κ1) is 14.1. The summed E-state index contributed by atoms with van der Waals surface area (Å²) in [7, 11) is -1.91. The van der Waals surface area contributed by atoms with Crippen LogP contribution in [0.5, 0.6) is 0 Å². The van der Waals surface area contributed by atoms with Gasteiger partial charge in [0.1, 0.15) is 5.82 Å². The van der Waals surface area contributed by atoms with Crippen molar-refractivity contribution in [3.05, 3.63) is 29.6 Å². The Balaban J connectivity index is 2.93. The van der Waals surface area contributed by atoms with Crippen molar-refractivity contribution in [2.45, 2.75) is 24.8 Å². The topological polar surface area (TPSA) is 58.2 Å². The average Bonchev–Trinajstić information content (AvgIpc) is 2.29. The molecule has 0 aliphatic heterocycles. The van der Waals surface area contributed by atoms with Gasteiger partial charge in [-0.1, -0.05) is 6.07 Å². The zero-order valence-corrected chi connectivity index (χ0v) is 10.9. The van der Waals surface area contributed by atoms with Crippen molar-refractivity contribution in [1.29, 1.82) is 0 Å². The van der Waals surface area contributed by atoms with E-state index in [0.717, 1.165) is 6.07 Å². The smallest absolute Gasteiger partial charge is 0.240 e. The molecule has 1 aromatic carbocycles. The van der Waals surface area contributed by atoms with Crippen LogP contribution in [0, 0.1) is 12.7 Å². The summed E-state index contributed by atoms with van der Waals surface area (Å²) in [5.74, 6) is -0.558. The normalized spacial score (nSPS) is 13.6. The molecule has 0 aliphatic rings. The molecule has 0 heterocycles. The van der Waals surface area contributed by atoms with Crippen LogP contribution < -0.4 is 10.0 Å². The van der Waals surface area contributed by atoms with E-state index in [1.165, 1.54) is 12.1 Å². The molecule has 96 valence electrons. The van der Waals surface area contributed by atoms with Gasteiger partial charge in [0.25, 0.3) is 0 Å². The largest absolute Gasteiger partial charge is 0.316 e. The molecule has 0 fully saturated rings. The van der Waals surface area contributed by atoms with Gasteiger partial charge in [-0.25, -0.2) is 17.5 Å². The Labute approximate surface area is 101 Å². The minimum atomic E-state index is -3.65. The van der Waals surface area contributed by atoms with Crippen molar-refractivity contribution in [2.75, 3.05) is 13.6 Å². The second-order valence-electron chi connectivity index (χ2n) is 3.95. The van der Waals surface area contributed by atoms with Crippen LogP contribution in [-0.2, 0) is 10.0 Å². The van der Waals surface area contributed by atoms with E-state index in [4.69, 9.17) is 0 Å². The zero-order chi connectivity index (χ0) is 13.1. The average molecular weight is 260 g/mol. The van der Waals surface area contributed by atoms with E-state index < -0.39 is 15.8 Å². The summed E-state index contributed by atoms with van der Waals surface area (Å²) in [6.45, 7) is 3.74. The second kappa shape index (κ2) is 5.57. The predicted molar refractivity (Wildman–Crippen MR) is 64.8 cm³/mol. The Kier molecular flexibility index (Phi) is 4.62. The third-order valence-electron chi connectivity index (χ3n) is 2.51. The number of aryl methyl sites for hydroxylation is 1. The van der Waals surface area contributed by atoms with Crippen LogP contribution >= 0.6 is 0 Å².